The number of anilines is 2. The minimum absolute atomic E-state index is 0.175. The summed E-state index contributed by atoms with van der Waals surface area (Å²) >= 11 is 0. The Morgan fingerprint density at radius 2 is 2.08 bits per heavy atom. The number of nitrogens with zero attached hydrogens (tertiary/aromatic N) is 2. The second-order valence-electron chi connectivity index (χ2n) is 5.84. The maximum absolute atomic E-state index is 12.6. The standard InChI is InChI=1S/C19H25N3O2/c1-5-6-11-22(3)18-13-15(9-10-20-18)19(23)21-16-12-14(2)7-8-17(16)24-4/h7-10,12-13H,5-6,11H2,1-4H3,(H,21,23). The number of hydrogen-bond acceptors (Lipinski definition) is 4. The largest absolute Gasteiger partial charge is 0.495 e. The molecule has 1 aromatic heterocycles. The summed E-state index contributed by atoms with van der Waals surface area (Å²) in [6.45, 7) is 5.04. The monoisotopic (exact) mass is 327 g/mol. The second kappa shape index (κ2) is 8.34. The summed E-state index contributed by atoms with van der Waals surface area (Å²) in [7, 11) is 3.58. The van der Waals surface area contributed by atoms with Crippen molar-refractivity contribution >= 4 is 17.4 Å². The Labute approximate surface area is 143 Å². The van der Waals surface area contributed by atoms with Crippen LogP contribution in [0.4, 0.5) is 11.5 Å². The Morgan fingerprint density at radius 1 is 1.29 bits per heavy atom. The fourth-order valence-corrected chi connectivity index (χ4v) is 2.39. The van der Waals surface area contributed by atoms with Crippen LogP contribution in [0.15, 0.2) is 36.5 Å². The highest BCUT2D eigenvalue weighted by atomic mass is 16.5. The van der Waals surface area contributed by atoms with Gasteiger partial charge in [-0.3, -0.25) is 4.79 Å². The van der Waals surface area contributed by atoms with Crippen LogP contribution in [0.1, 0.15) is 35.7 Å². The number of benzene rings is 1. The highest BCUT2D eigenvalue weighted by Crippen LogP contribution is 2.26. The first kappa shape index (κ1) is 17.8. The van der Waals surface area contributed by atoms with Crippen molar-refractivity contribution in [3.8, 4) is 5.75 Å². The van der Waals surface area contributed by atoms with Crippen LogP contribution >= 0.6 is 0 Å². The van der Waals surface area contributed by atoms with E-state index in [-0.39, 0.29) is 5.91 Å². The lowest BCUT2D eigenvalue weighted by Gasteiger charge is -2.18. The highest BCUT2D eigenvalue weighted by molar-refractivity contribution is 6.05. The maximum Gasteiger partial charge on any atom is 0.255 e. The summed E-state index contributed by atoms with van der Waals surface area (Å²) in [6.07, 6.45) is 3.88. The Kier molecular flexibility index (Phi) is 6.18. The number of amides is 1. The average molecular weight is 327 g/mol. The van der Waals surface area contributed by atoms with Gasteiger partial charge in [0.05, 0.1) is 12.8 Å². The van der Waals surface area contributed by atoms with Crippen molar-refractivity contribution in [1.82, 2.24) is 4.98 Å². The minimum atomic E-state index is -0.175. The Hall–Kier alpha value is -2.56. The van der Waals surface area contributed by atoms with Gasteiger partial charge in [0, 0.05) is 25.4 Å². The van der Waals surface area contributed by atoms with Crippen LogP contribution in [0.5, 0.6) is 5.75 Å². The van der Waals surface area contributed by atoms with Crippen LogP contribution in [0.2, 0.25) is 0 Å². The molecule has 0 saturated heterocycles. The summed E-state index contributed by atoms with van der Waals surface area (Å²) in [6, 6.07) is 9.22. The molecule has 0 aliphatic heterocycles. The van der Waals surface area contributed by atoms with Crippen LogP contribution in [-0.2, 0) is 0 Å². The predicted octanol–water partition coefficient (Wildman–Crippen LogP) is 3.89. The van der Waals surface area contributed by atoms with E-state index in [0.29, 0.717) is 17.0 Å². The van der Waals surface area contributed by atoms with Crippen LogP contribution in [0.3, 0.4) is 0 Å². The fourth-order valence-electron chi connectivity index (χ4n) is 2.39. The molecule has 0 bridgehead atoms. The van der Waals surface area contributed by atoms with E-state index in [0.717, 1.165) is 30.8 Å². The zero-order chi connectivity index (χ0) is 17.5. The first-order chi connectivity index (χ1) is 11.5. The number of methoxy groups -OCH3 is 1. The van der Waals surface area contributed by atoms with E-state index in [2.05, 4.69) is 22.1 Å². The van der Waals surface area contributed by atoms with Crippen molar-refractivity contribution in [2.75, 3.05) is 30.9 Å². The van der Waals surface area contributed by atoms with Crippen molar-refractivity contribution < 1.29 is 9.53 Å². The summed E-state index contributed by atoms with van der Waals surface area (Å²) in [5.41, 5.74) is 2.30. The van der Waals surface area contributed by atoms with E-state index in [1.807, 2.05) is 38.2 Å². The van der Waals surface area contributed by atoms with Gasteiger partial charge in [-0.05, 0) is 43.2 Å². The molecule has 0 atom stereocenters. The molecule has 0 radical (unpaired) electrons. The molecule has 1 aromatic carbocycles. The normalized spacial score (nSPS) is 10.3. The molecule has 5 heteroatoms. The van der Waals surface area contributed by atoms with Crippen molar-refractivity contribution in [1.29, 1.82) is 0 Å². The van der Waals surface area contributed by atoms with E-state index in [9.17, 15) is 4.79 Å². The molecule has 2 aromatic rings. The zero-order valence-corrected chi connectivity index (χ0v) is 14.8. The van der Waals surface area contributed by atoms with Gasteiger partial charge in [-0.1, -0.05) is 19.4 Å². The third-order valence-electron chi connectivity index (χ3n) is 3.85. The number of unbranched alkanes of at least 4 members (excludes halogenated alkanes) is 1. The van der Waals surface area contributed by atoms with Crippen LogP contribution in [0.25, 0.3) is 0 Å². The van der Waals surface area contributed by atoms with Gasteiger partial charge < -0.3 is 15.0 Å². The van der Waals surface area contributed by atoms with E-state index < -0.39 is 0 Å². The van der Waals surface area contributed by atoms with Crippen molar-refractivity contribution in [2.24, 2.45) is 0 Å². The first-order valence-corrected chi connectivity index (χ1v) is 8.18. The van der Waals surface area contributed by atoms with Gasteiger partial charge in [0.15, 0.2) is 0 Å². The molecular formula is C19H25N3O2. The molecule has 0 aliphatic carbocycles. The Balaban J connectivity index is 2.17. The molecule has 24 heavy (non-hydrogen) atoms. The lowest BCUT2D eigenvalue weighted by Crippen LogP contribution is -2.20. The quantitative estimate of drug-likeness (QED) is 0.838. The number of nitrogens with one attached hydrogen (secondary N) is 1. The van der Waals surface area contributed by atoms with Crippen LogP contribution < -0.4 is 15.0 Å². The number of aromatic nitrogens is 1. The number of hydrogen-bond donors (Lipinski definition) is 1. The molecule has 0 saturated carbocycles. The van der Waals surface area contributed by atoms with Gasteiger partial charge >= 0.3 is 0 Å². The number of rotatable bonds is 7. The van der Waals surface area contributed by atoms with Gasteiger partial charge in [-0.2, -0.15) is 0 Å². The predicted molar refractivity (Wildman–Crippen MR) is 98.1 cm³/mol. The zero-order valence-electron chi connectivity index (χ0n) is 14.8. The molecular weight excluding hydrogens is 302 g/mol. The van der Waals surface area contributed by atoms with Crippen LogP contribution in [0, 0.1) is 6.92 Å². The fraction of sp³-hybridized carbons (Fsp3) is 0.368. The molecule has 0 aliphatic rings. The van der Waals surface area contributed by atoms with E-state index >= 15 is 0 Å². The number of carbonyl (C=O) groups is 1. The van der Waals surface area contributed by atoms with Gasteiger partial charge in [-0.25, -0.2) is 4.98 Å². The molecule has 1 amide bonds. The van der Waals surface area contributed by atoms with Gasteiger partial charge in [-0.15, -0.1) is 0 Å². The number of carbonyl (C=O) groups excluding carboxylic acids is 1. The second-order valence-corrected chi connectivity index (χ2v) is 5.84. The molecule has 2 rings (SSSR count). The van der Waals surface area contributed by atoms with Gasteiger partial charge in [0.2, 0.25) is 0 Å². The molecule has 1 heterocycles. The minimum Gasteiger partial charge on any atom is -0.495 e. The van der Waals surface area contributed by atoms with Crippen molar-refractivity contribution in [3.63, 3.8) is 0 Å². The number of ether oxygens (including phenoxy) is 1. The van der Waals surface area contributed by atoms with E-state index in [1.54, 1.807) is 19.4 Å². The number of aryl methyl sites for hydroxylation is 1. The molecule has 0 spiro atoms. The van der Waals surface area contributed by atoms with Gasteiger partial charge in [0.1, 0.15) is 11.6 Å². The molecule has 0 fully saturated rings. The highest BCUT2D eigenvalue weighted by Gasteiger charge is 2.12. The smallest absolute Gasteiger partial charge is 0.255 e. The van der Waals surface area contributed by atoms with E-state index in [1.165, 1.54) is 0 Å². The van der Waals surface area contributed by atoms with Gasteiger partial charge in [0.25, 0.3) is 5.91 Å². The molecule has 1 N–H and O–H groups in total. The summed E-state index contributed by atoms with van der Waals surface area (Å²) in [5, 5.41) is 2.92. The molecule has 128 valence electrons. The Bertz CT molecular complexity index is 701. The van der Waals surface area contributed by atoms with Crippen molar-refractivity contribution in [2.45, 2.75) is 26.7 Å². The topological polar surface area (TPSA) is 54.5 Å². The summed E-state index contributed by atoms with van der Waals surface area (Å²) in [4.78, 5) is 19.0. The lowest BCUT2D eigenvalue weighted by molar-refractivity contribution is 0.102. The SMILES string of the molecule is CCCCN(C)c1cc(C(=O)Nc2cc(C)ccc2OC)ccn1. The number of pyridine rings is 1. The average Bonchev–Trinajstić information content (AvgIpc) is 2.60. The van der Waals surface area contributed by atoms with Crippen LogP contribution in [-0.4, -0.2) is 31.6 Å². The molecule has 5 nitrogen and oxygen atoms in total. The van der Waals surface area contributed by atoms with Crippen molar-refractivity contribution in [3.05, 3.63) is 47.7 Å². The first-order valence-electron chi connectivity index (χ1n) is 8.18. The maximum atomic E-state index is 12.6. The van der Waals surface area contributed by atoms with E-state index in [4.69, 9.17) is 4.74 Å². The lowest BCUT2D eigenvalue weighted by atomic mass is 10.2. The summed E-state index contributed by atoms with van der Waals surface area (Å²) in [5.74, 6) is 1.27. The Morgan fingerprint density at radius 3 is 2.79 bits per heavy atom. The molecule has 0 unspecified atom stereocenters. The third kappa shape index (κ3) is 4.47. The summed E-state index contributed by atoms with van der Waals surface area (Å²) < 4.78 is 5.31. The third-order valence-corrected chi connectivity index (χ3v) is 3.85.